The molecule has 0 unspecified atom stereocenters. The first kappa shape index (κ1) is 40.2. The second-order valence-electron chi connectivity index (χ2n) is 17.9. The van der Waals surface area contributed by atoms with Crippen LogP contribution in [0, 0.1) is 0 Å². The van der Waals surface area contributed by atoms with E-state index in [1.165, 1.54) is 31.1 Å². The largest absolute Gasteiger partial charge is 0.816 e. The van der Waals surface area contributed by atoms with Crippen molar-refractivity contribution in [3.05, 3.63) is 261 Å². The highest BCUT2D eigenvalue weighted by atomic mass is 28.3. The van der Waals surface area contributed by atoms with Crippen molar-refractivity contribution in [2.45, 2.75) is 0 Å². The molecule has 7 heteroatoms. The molecule has 11 aromatic rings. The van der Waals surface area contributed by atoms with Crippen LogP contribution in [0.5, 0.6) is 11.5 Å². The molecule has 2 aliphatic heterocycles. The van der Waals surface area contributed by atoms with Crippen molar-refractivity contribution >= 4 is 86.1 Å². The highest BCUT2D eigenvalue weighted by molar-refractivity contribution is 7.21. The summed E-state index contributed by atoms with van der Waals surface area (Å²) in [6, 6.07) is 93.7. The molecule has 0 fully saturated rings. The zero-order valence-corrected chi connectivity index (χ0v) is 39.1. The third-order valence-corrected chi connectivity index (χ3v) is 24.0. The summed E-state index contributed by atoms with van der Waals surface area (Å²) in [5, 5.41) is 27.6. The lowest BCUT2D eigenvalue weighted by Gasteiger charge is -2.45. The van der Waals surface area contributed by atoms with Crippen LogP contribution in [0.25, 0.3) is 44.1 Å². The van der Waals surface area contributed by atoms with Crippen LogP contribution in [0.3, 0.4) is 0 Å². The Bertz CT molecular complexity index is 3260. The van der Waals surface area contributed by atoms with Gasteiger partial charge in [0.05, 0.1) is 22.6 Å². The molecule has 0 bridgehead atoms. The monoisotopic (exact) mass is 905 g/mol. The number of pyridine rings is 1. The van der Waals surface area contributed by atoms with E-state index in [-0.39, 0.29) is 0 Å². The molecule has 13 rings (SSSR count). The van der Waals surface area contributed by atoms with E-state index in [1.807, 2.05) is 4.48 Å². The van der Waals surface area contributed by atoms with Crippen molar-refractivity contribution in [3.8, 4) is 34.0 Å². The van der Waals surface area contributed by atoms with Crippen molar-refractivity contribution in [2.24, 2.45) is 0 Å². The fourth-order valence-corrected chi connectivity index (χ4v) is 21.6. The van der Waals surface area contributed by atoms with E-state index in [9.17, 15) is 5.02 Å². The Balaban J connectivity index is 1.18. The maximum Gasteiger partial charge on any atom is 0.816 e. The fourth-order valence-electron chi connectivity index (χ4n) is 11.7. The quantitative estimate of drug-likeness (QED) is 0.128. The Morgan fingerprint density at radius 1 is 0.324 bits per heavy atom. The van der Waals surface area contributed by atoms with E-state index >= 15 is 0 Å². The Kier molecular flexibility index (Phi) is 9.34. The highest BCUT2D eigenvalue weighted by Crippen LogP contribution is 2.46. The van der Waals surface area contributed by atoms with Crippen molar-refractivity contribution in [1.82, 2.24) is 0 Å². The van der Waals surface area contributed by atoms with Gasteiger partial charge in [-0.3, -0.25) is 0 Å². The molecule has 0 atom stereocenters. The lowest BCUT2D eigenvalue weighted by atomic mass is 9.82. The van der Waals surface area contributed by atoms with Gasteiger partial charge in [0, 0.05) is 12.1 Å². The number of hydrogen-bond acceptors (Lipinski definition) is 3. The minimum Gasteiger partial charge on any atom is -0.594 e. The average Bonchev–Trinajstić information content (AvgIpc) is 3.41. The van der Waals surface area contributed by atoms with Gasteiger partial charge in [0.15, 0.2) is 27.5 Å². The summed E-state index contributed by atoms with van der Waals surface area (Å²) in [4.78, 5) is 0. The molecule has 0 aliphatic carbocycles. The minimum absolute atomic E-state index is 0.634. The predicted molar refractivity (Wildman–Crippen MR) is 284 cm³/mol. The fraction of sp³-hybridized carbons (Fsp3) is 0. The van der Waals surface area contributed by atoms with Gasteiger partial charge in [-0.1, -0.05) is 243 Å². The van der Waals surface area contributed by atoms with E-state index in [1.54, 1.807) is 0 Å². The molecule has 0 spiro atoms. The minimum atomic E-state index is -3.31. The molecule has 0 saturated heterocycles. The average molecular weight is 906 g/mol. The number of aromatic nitrogens is 1. The van der Waals surface area contributed by atoms with Crippen LogP contribution in [0.4, 0.5) is 0 Å². The molecular formula is C61H44BNO3Si2. The van der Waals surface area contributed by atoms with Gasteiger partial charge < -0.3 is 18.8 Å². The van der Waals surface area contributed by atoms with Gasteiger partial charge in [-0.25, -0.2) is 0 Å². The summed E-state index contributed by atoms with van der Waals surface area (Å²) in [5.41, 5.74) is 3.53. The van der Waals surface area contributed by atoms with Gasteiger partial charge >= 0.3 is 6.89 Å². The molecule has 0 amide bonds. The first-order valence-electron chi connectivity index (χ1n) is 23.4. The van der Waals surface area contributed by atoms with Gasteiger partial charge in [0.25, 0.3) is 0 Å². The summed E-state index contributed by atoms with van der Waals surface area (Å²) < 4.78 is 17.2. The maximum absolute atomic E-state index is 14.0. The van der Waals surface area contributed by atoms with Crippen LogP contribution in [0.2, 0.25) is 0 Å². The van der Waals surface area contributed by atoms with E-state index in [4.69, 9.17) is 9.31 Å². The van der Waals surface area contributed by atoms with Gasteiger partial charge in [0.1, 0.15) is 0 Å². The Morgan fingerprint density at radius 3 is 0.912 bits per heavy atom. The van der Waals surface area contributed by atoms with Gasteiger partial charge in [-0.05, 0) is 69.1 Å². The second kappa shape index (κ2) is 15.8. The Hall–Kier alpha value is -8.07. The molecule has 0 radical (unpaired) electrons. The Labute approximate surface area is 397 Å². The summed E-state index contributed by atoms with van der Waals surface area (Å²) in [7, 11) is -6.51. The topological polar surface area (TPSA) is 42.6 Å². The molecule has 0 saturated carbocycles. The number of rotatable bonds is 8. The molecule has 4 nitrogen and oxygen atoms in total. The number of benzene rings is 10. The molecule has 322 valence electrons. The SMILES string of the molecule is O[B-]12Oc3c([Si](c4ccccc4)(c4ccccc4)c4ccccc4)cc4ccccc4c3-c3cccc([n+]31)-c1c(c([Si](c3ccccc3)(c3ccccc3)c3ccccc3)cc3ccccc13)O2. The molecule has 10 aromatic carbocycles. The van der Waals surface area contributed by atoms with Crippen molar-refractivity contribution in [1.29, 1.82) is 0 Å². The first-order chi connectivity index (χ1) is 33.6. The van der Waals surface area contributed by atoms with Gasteiger partial charge in [-0.2, -0.15) is 0 Å². The second-order valence-corrected chi connectivity index (χ2v) is 25.5. The third-order valence-electron chi connectivity index (χ3n) is 14.5. The summed E-state index contributed by atoms with van der Waals surface area (Å²) in [5.74, 6) is 1.27. The third kappa shape index (κ3) is 5.80. The normalized spacial score (nSPS) is 13.4. The molecule has 68 heavy (non-hydrogen) atoms. The van der Waals surface area contributed by atoms with E-state index < -0.39 is 23.0 Å². The van der Waals surface area contributed by atoms with E-state index in [2.05, 4.69) is 261 Å². The van der Waals surface area contributed by atoms with Gasteiger partial charge in [0.2, 0.25) is 0 Å². The summed E-state index contributed by atoms with van der Waals surface area (Å²) >= 11 is 0. The van der Waals surface area contributed by atoms with Crippen LogP contribution in [-0.4, -0.2) is 28.1 Å². The lowest BCUT2D eigenvalue weighted by molar-refractivity contribution is -0.568. The van der Waals surface area contributed by atoms with Crippen molar-refractivity contribution in [2.75, 3.05) is 0 Å². The van der Waals surface area contributed by atoms with E-state index in [0.717, 1.165) is 54.4 Å². The first-order valence-corrected chi connectivity index (χ1v) is 27.4. The summed E-state index contributed by atoms with van der Waals surface area (Å²) in [6.45, 7) is -3.31. The molecule has 3 heterocycles. The maximum atomic E-state index is 14.0. The van der Waals surface area contributed by atoms with Gasteiger partial charge in [-0.15, -0.1) is 0 Å². The smallest absolute Gasteiger partial charge is 0.594 e. The lowest BCUT2D eigenvalue weighted by Crippen LogP contribution is -2.81. The van der Waals surface area contributed by atoms with Crippen molar-refractivity contribution in [3.63, 3.8) is 0 Å². The molecule has 1 N–H and O–H groups in total. The molecule has 2 aliphatic rings. The van der Waals surface area contributed by atoms with Crippen molar-refractivity contribution < 1.29 is 18.8 Å². The van der Waals surface area contributed by atoms with Crippen LogP contribution < -0.4 is 55.3 Å². The van der Waals surface area contributed by atoms with Crippen LogP contribution in [-0.2, 0) is 0 Å². The van der Waals surface area contributed by atoms with Crippen LogP contribution >= 0.6 is 0 Å². The van der Waals surface area contributed by atoms with E-state index in [0.29, 0.717) is 11.5 Å². The van der Waals surface area contributed by atoms with Crippen LogP contribution in [0.1, 0.15) is 0 Å². The summed E-state index contributed by atoms with van der Waals surface area (Å²) in [6.07, 6.45) is 0. The zero-order valence-electron chi connectivity index (χ0n) is 37.1. The molecule has 1 aromatic heterocycles. The molecular weight excluding hydrogens is 862 g/mol. The number of hydrogen-bond donors (Lipinski definition) is 1. The number of fused-ring (bicyclic) bond motifs is 8. The zero-order chi connectivity index (χ0) is 45.3. The van der Waals surface area contributed by atoms with Crippen LogP contribution in [0.15, 0.2) is 261 Å². The Morgan fingerprint density at radius 2 is 0.603 bits per heavy atom. The standard InChI is InChI=1S/C61H44BNO3Si2/c64-62-63-54(58-52-38-21-19-24-44(52)42-56(60(58)65-62)67(46-26-7-1-8-27-46,47-28-9-2-10-29-47)48-30-11-3-12-31-48)40-23-41-55(63)59-53-39-22-20-25-45(53)43-57(61(59)66-62)68(49-32-13-4-14-33-49,50-34-15-5-16-35-50)51-36-17-6-18-37-51/h1-43,64H. The predicted octanol–water partition coefficient (Wildman–Crippen LogP) is 7.43. The number of nitrogens with zero attached hydrogens (tertiary/aromatic N) is 1. The highest BCUT2D eigenvalue weighted by Gasteiger charge is 2.59.